The summed E-state index contributed by atoms with van der Waals surface area (Å²) < 4.78 is 0. The van der Waals surface area contributed by atoms with Crippen molar-refractivity contribution in [3.63, 3.8) is 0 Å². The van der Waals surface area contributed by atoms with Gasteiger partial charge >= 0.3 is 0 Å². The van der Waals surface area contributed by atoms with Crippen LogP contribution < -0.4 is 10.6 Å². The average Bonchev–Trinajstić information content (AvgIpc) is 2.39. The third kappa shape index (κ3) is 4.67. The smallest absolute Gasteiger partial charge is 0.272 e. The van der Waals surface area contributed by atoms with E-state index in [1.165, 1.54) is 6.07 Å². The number of hydrogen-bond donors (Lipinski definition) is 2. The van der Waals surface area contributed by atoms with Crippen molar-refractivity contribution in [1.82, 2.24) is 10.6 Å². The molecule has 0 spiro atoms. The molecular formula is C13H19N3O3. The summed E-state index contributed by atoms with van der Waals surface area (Å²) in [4.78, 5) is 21.9. The summed E-state index contributed by atoms with van der Waals surface area (Å²) in [6.07, 6.45) is 0.515. The highest BCUT2D eigenvalue weighted by Crippen LogP contribution is 2.17. The Morgan fingerprint density at radius 1 is 1.42 bits per heavy atom. The zero-order valence-electron chi connectivity index (χ0n) is 11.2. The standard InChI is InChI=1S/C13H19N3O3/c1-3-14-13(17)10(2)15-9-8-11-6-4-5-7-12(11)16(18)19/h4-7,10,15H,3,8-9H2,1-2H3,(H,14,17). The number of benzene rings is 1. The zero-order valence-corrected chi connectivity index (χ0v) is 11.2. The Morgan fingerprint density at radius 2 is 2.11 bits per heavy atom. The molecule has 0 aliphatic heterocycles. The molecule has 6 heteroatoms. The minimum absolute atomic E-state index is 0.0648. The molecule has 0 aliphatic rings. The van der Waals surface area contributed by atoms with Crippen LogP contribution in [0.4, 0.5) is 5.69 Å². The highest BCUT2D eigenvalue weighted by atomic mass is 16.6. The van der Waals surface area contributed by atoms with Gasteiger partial charge in [-0.1, -0.05) is 18.2 Å². The molecule has 2 N–H and O–H groups in total. The number of carbonyl (C=O) groups excluding carboxylic acids is 1. The van der Waals surface area contributed by atoms with Gasteiger partial charge in [-0.15, -0.1) is 0 Å². The van der Waals surface area contributed by atoms with Crippen LogP contribution in [0.15, 0.2) is 24.3 Å². The lowest BCUT2D eigenvalue weighted by Gasteiger charge is -2.13. The van der Waals surface area contributed by atoms with Gasteiger partial charge in [-0.25, -0.2) is 0 Å². The molecule has 0 heterocycles. The molecule has 0 bridgehead atoms. The lowest BCUT2D eigenvalue weighted by molar-refractivity contribution is -0.385. The molecule has 0 aliphatic carbocycles. The molecule has 0 fully saturated rings. The number of nitrogens with zero attached hydrogens (tertiary/aromatic N) is 1. The zero-order chi connectivity index (χ0) is 14.3. The summed E-state index contributed by atoms with van der Waals surface area (Å²) in [5, 5.41) is 16.6. The third-order valence-corrected chi connectivity index (χ3v) is 2.78. The van der Waals surface area contributed by atoms with Crippen LogP contribution >= 0.6 is 0 Å². The predicted molar refractivity (Wildman–Crippen MR) is 72.9 cm³/mol. The number of para-hydroxylation sites is 1. The SMILES string of the molecule is CCNC(=O)C(C)NCCc1ccccc1[N+](=O)[O-]. The first-order valence-electron chi connectivity index (χ1n) is 6.29. The first kappa shape index (κ1) is 15.1. The molecule has 1 aromatic rings. The van der Waals surface area contributed by atoms with Crippen molar-refractivity contribution >= 4 is 11.6 Å². The molecule has 19 heavy (non-hydrogen) atoms. The second kappa shape index (κ2) is 7.48. The van der Waals surface area contributed by atoms with E-state index < -0.39 is 0 Å². The number of amides is 1. The quantitative estimate of drug-likeness (QED) is 0.574. The van der Waals surface area contributed by atoms with Gasteiger partial charge in [0.15, 0.2) is 0 Å². The highest BCUT2D eigenvalue weighted by Gasteiger charge is 2.14. The van der Waals surface area contributed by atoms with Crippen molar-refractivity contribution in [2.24, 2.45) is 0 Å². The Hall–Kier alpha value is -1.95. The van der Waals surface area contributed by atoms with Crippen LogP contribution in [0.5, 0.6) is 0 Å². The van der Waals surface area contributed by atoms with E-state index in [4.69, 9.17) is 0 Å². The van der Waals surface area contributed by atoms with Crippen LogP contribution in [0.2, 0.25) is 0 Å². The van der Waals surface area contributed by atoms with E-state index in [2.05, 4.69) is 10.6 Å². The van der Waals surface area contributed by atoms with Crippen molar-refractivity contribution in [2.75, 3.05) is 13.1 Å². The van der Waals surface area contributed by atoms with Crippen LogP contribution in [-0.2, 0) is 11.2 Å². The fourth-order valence-electron chi connectivity index (χ4n) is 1.74. The van der Waals surface area contributed by atoms with E-state index in [1.54, 1.807) is 25.1 Å². The molecule has 1 amide bonds. The van der Waals surface area contributed by atoms with Gasteiger partial charge in [0, 0.05) is 24.7 Å². The molecule has 0 radical (unpaired) electrons. The predicted octanol–water partition coefficient (Wildman–Crippen LogP) is 1.25. The topological polar surface area (TPSA) is 84.3 Å². The maximum atomic E-state index is 11.5. The second-order valence-corrected chi connectivity index (χ2v) is 4.21. The fourth-order valence-corrected chi connectivity index (χ4v) is 1.74. The molecule has 104 valence electrons. The Morgan fingerprint density at radius 3 is 2.74 bits per heavy atom. The van der Waals surface area contributed by atoms with Crippen LogP contribution in [-0.4, -0.2) is 30.0 Å². The van der Waals surface area contributed by atoms with E-state index in [0.29, 0.717) is 25.1 Å². The van der Waals surface area contributed by atoms with Crippen LogP contribution in [0, 0.1) is 10.1 Å². The molecule has 1 rings (SSSR count). The minimum Gasteiger partial charge on any atom is -0.355 e. The molecule has 1 unspecified atom stereocenters. The van der Waals surface area contributed by atoms with Crippen molar-refractivity contribution < 1.29 is 9.72 Å². The summed E-state index contributed by atoms with van der Waals surface area (Å²) >= 11 is 0. The number of nitro groups is 1. The number of nitro benzene ring substituents is 1. The molecule has 0 aromatic heterocycles. The van der Waals surface area contributed by atoms with E-state index >= 15 is 0 Å². The maximum Gasteiger partial charge on any atom is 0.272 e. The third-order valence-electron chi connectivity index (χ3n) is 2.78. The molecule has 1 aromatic carbocycles. The van der Waals surface area contributed by atoms with Crippen molar-refractivity contribution in [2.45, 2.75) is 26.3 Å². The van der Waals surface area contributed by atoms with Crippen LogP contribution in [0.25, 0.3) is 0 Å². The Bertz CT molecular complexity index is 449. The lowest BCUT2D eigenvalue weighted by Crippen LogP contribution is -2.42. The van der Waals surface area contributed by atoms with Crippen molar-refractivity contribution in [3.05, 3.63) is 39.9 Å². The fraction of sp³-hybridized carbons (Fsp3) is 0.462. The normalized spacial score (nSPS) is 11.9. The largest absolute Gasteiger partial charge is 0.355 e. The van der Waals surface area contributed by atoms with Gasteiger partial charge in [0.1, 0.15) is 0 Å². The van der Waals surface area contributed by atoms with E-state index in [9.17, 15) is 14.9 Å². The van der Waals surface area contributed by atoms with E-state index in [1.807, 2.05) is 6.92 Å². The summed E-state index contributed by atoms with van der Waals surface area (Å²) in [5.74, 6) is -0.0648. The monoisotopic (exact) mass is 265 g/mol. The molecule has 0 saturated heterocycles. The maximum absolute atomic E-state index is 11.5. The number of nitrogens with one attached hydrogen (secondary N) is 2. The van der Waals surface area contributed by atoms with Gasteiger partial charge in [0.05, 0.1) is 11.0 Å². The Kier molecular flexibility index (Phi) is 5.95. The van der Waals surface area contributed by atoms with Gasteiger partial charge in [0.25, 0.3) is 5.69 Å². The Labute approximate surface area is 112 Å². The van der Waals surface area contributed by atoms with Gasteiger partial charge in [-0.2, -0.15) is 0 Å². The second-order valence-electron chi connectivity index (χ2n) is 4.21. The average molecular weight is 265 g/mol. The Balaban J connectivity index is 2.49. The summed E-state index contributed by atoms with van der Waals surface area (Å²) in [5.41, 5.74) is 0.790. The first-order chi connectivity index (χ1) is 9.06. The molecule has 1 atom stereocenters. The first-order valence-corrected chi connectivity index (χ1v) is 6.29. The number of carbonyl (C=O) groups is 1. The number of rotatable bonds is 7. The summed E-state index contributed by atoms with van der Waals surface area (Å²) in [6, 6.07) is 6.34. The number of hydrogen-bond acceptors (Lipinski definition) is 4. The van der Waals surface area contributed by atoms with E-state index in [-0.39, 0.29) is 22.6 Å². The van der Waals surface area contributed by atoms with Gasteiger partial charge in [-0.3, -0.25) is 14.9 Å². The van der Waals surface area contributed by atoms with Gasteiger partial charge in [-0.05, 0) is 20.3 Å². The summed E-state index contributed by atoms with van der Waals surface area (Å²) in [7, 11) is 0. The van der Waals surface area contributed by atoms with E-state index in [0.717, 1.165) is 0 Å². The van der Waals surface area contributed by atoms with Crippen molar-refractivity contribution in [1.29, 1.82) is 0 Å². The lowest BCUT2D eigenvalue weighted by atomic mass is 10.1. The van der Waals surface area contributed by atoms with Crippen molar-refractivity contribution in [3.8, 4) is 0 Å². The molecule has 6 nitrogen and oxygen atoms in total. The van der Waals surface area contributed by atoms with Gasteiger partial charge in [0.2, 0.25) is 5.91 Å². The van der Waals surface area contributed by atoms with Crippen LogP contribution in [0.1, 0.15) is 19.4 Å². The highest BCUT2D eigenvalue weighted by molar-refractivity contribution is 5.81. The van der Waals surface area contributed by atoms with Crippen LogP contribution in [0.3, 0.4) is 0 Å². The summed E-state index contributed by atoms with van der Waals surface area (Å²) in [6.45, 7) is 4.74. The molecular weight excluding hydrogens is 246 g/mol. The minimum atomic E-state index is -0.386. The number of likely N-dealkylation sites (N-methyl/N-ethyl adjacent to an activating group) is 1. The molecule has 0 saturated carbocycles. The van der Waals surface area contributed by atoms with Gasteiger partial charge < -0.3 is 10.6 Å².